The molecule has 1 amide bonds. The number of nitrogens with zero attached hydrogens (tertiary/aromatic N) is 5. The Hall–Kier alpha value is -2.65. The zero-order valence-electron chi connectivity index (χ0n) is 25.9. The maximum Gasteiger partial charge on any atom is 0.227 e. The van der Waals surface area contributed by atoms with Crippen LogP contribution in [0.2, 0.25) is 5.02 Å². The fourth-order valence-corrected chi connectivity index (χ4v) is 6.98. The van der Waals surface area contributed by atoms with E-state index in [2.05, 4.69) is 14.9 Å². The van der Waals surface area contributed by atoms with E-state index in [0.29, 0.717) is 54.4 Å². The molecule has 5 N–H and O–H groups in total. The standard InChI is InChI=1S/C32H45ClFN5O7/c33-23-14-35-32(36-15-23)37-8-5-20(6-9-37)2-1-11-46-24-4-3-21(25(34)13-24)12-29(43)39-16-22-7-10-38(26(22)17-39)18-27(41)30(44)31(45)28(42)19-40/h3-4,13-15,20,22,26-28,30-31,40-42,44-45H,1-2,5-12,16-19H2/t22-,26+,27?,28?,30?,31?/m0/s1. The molecule has 4 unspecified atom stereocenters. The third kappa shape index (κ3) is 8.62. The second kappa shape index (κ2) is 16.0. The Labute approximate surface area is 273 Å². The number of rotatable bonds is 14. The van der Waals surface area contributed by atoms with Gasteiger partial charge in [-0.05, 0) is 62.1 Å². The van der Waals surface area contributed by atoms with Crippen molar-refractivity contribution in [3.63, 3.8) is 0 Å². The second-order valence-corrected chi connectivity index (χ2v) is 13.2. The van der Waals surface area contributed by atoms with Gasteiger partial charge in [-0.15, -0.1) is 0 Å². The van der Waals surface area contributed by atoms with E-state index >= 15 is 0 Å². The first-order valence-corrected chi connectivity index (χ1v) is 16.5. The van der Waals surface area contributed by atoms with Crippen molar-refractivity contribution < 1.29 is 39.5 Å². The first-order chi connectivity index (χ1) is 22.1. The van der Waals surface area contributed by atoms with Crippen molar-refractivity contribution in [3.05, 3.63) is 47.0 Å². The molecule has 3 saturated heterocycles. The maximum absolute atomic E-state index is 15.0. The van der Waals surface area contributed by atoms with Crippen LogP contribution >= 0.6 is 11.6 Å². The van der Waals surface area contributed by atoms with E-state index in [4.69, 9.17) is 21.4 Å². The Kier molecular flexibility index (Phi) is 12.0. The van der Waals surface area contributed by atoms with Crippen LogP contribution in [0.3, 0.4) is 0 Å². The van der Waals surface area contributed by atoms with Crippen LogP contribution in [0.25, 0.3) is 0 Å². The number of β-amino-alcohol motifs (C(OH)–C–C–N with tert-alkyl or cyclic N) is 1. The molecule has 0 aliphatic carbocycles. The average Bonchev–Trinajstić information content (AvgIpc) is 3.66. The molecule has 12 nitrogen and oxygen atoms in total. The van der Waals surface area contributed by atoms with Crippen LogP contribution in [-0.4, -0.2) is 134 Å². The third-order valence-corrected chi connectivity index (χ3v) is 9.85. The minimum atomic E-state index is -1.68. The highest BCUT2D eigenvalue weighted by molar-refractivity contribution is 6.30. The van der Waals surface area contributed by atoms with E-state index in [-0.39, 0.29) is 30.8 Å². The highest BCUT2D eigenvalue weighted by Gasteiger charge is 2.44. The van der Waals surface area contributed by atoms with Crippen LogP contribution in [-0.2, 0) is 11.2 Å². The Balaban J connectivity index is 1.02. The van der Waals surface area contributed by atoms with E-state index < -0.39 is 36.8 Å². The van der Waals surface area contributed by atoms with Gasteiger partial charge in [0, 0.05) is 44.8 Å². The summed E-state index contributed by atoms with van der Waals surface area (Å²) < 4.78 is 20.8. The number of hydrogen-bond acceptors (Lipinski definition) is 11. The molecule has 3 aliphatic rings. The molecule has 0 bridgehead atoms. The van der Waals surface area contributed by atoms with E-state index in [1.54, 1.807) is 29.4 Å². The van der Waals surface area contributed by atoms with Crippen molar-refractivity contribution in [2.45, 2.75) is 69.0 Å². The molecular formula is C32H45ClFN5O7. The van der Waals surface area contributed by atoms with E-state index in [1.165, 1.54) is 6.07 Å². The normalized spacial score (nSPS) is 23.3. The first kappa shape index (κ1) is 34.7. The van der Waals surface area contributed by atoms with Crippen LogP contribution in [0.15, 0.2) is 30.6 Å². The van der Waals surface area contributed by atoms with Crippen LogP contribution in [0.4, 0.5) is 10.3 Å². The zero-order valence-corrected chi connectivity index (χ0v) is 26.6. The van der Waals surface area contributed by atoms with Gasteiger partial charge in [-0.2, -0.15) is 0 Å². The fourth-order valence-electron chi connectivity index (χ4n) is 6.88. The Bertz CT molecular complexity index is 1290. The molecule has 1 aromatic heterocycles. The van der Waals surface area contributed by atoms with Gasteiger partial charge in [-0.3, -0.25) is 9.69 Å². The molecule has 0 radical (unpaired) electrons. The summed E-state index contributed by atoms with van der Waals surface area (Å²) in [6.45, 7) is 3.20. The van der Waals surface area contributed by atoms with Gasteiger partial charge < -0.3 is 40.1 Å². The van der Waals surface area contributed by atoms with Crippen LogP contribution in [0.1, 0.15) is 37.7 Å². The summed E-state index contributed by atoms with van der Waals surface area (Å²) in [5.41, 5.74) is 0.303. The van der Waals surface area contributed by atoms with Crippen LogP contribution in [0.5, 0.6) is 5.75 Å². The number of likely N-dealkylation sites (tertiary alicyclic amines) is 2. The summed E-state index contributed by atoms with van der Waals surface area (Å²) in [5, 5.41) is 49.6. The molecule has 6 atom stereocenters. The summed E-state index contributed by atoms with van der Waals surface area (Å²) >= 11 is 5.88. The van der Waals surface area contributed by atoms with Crippen LogP contribution < -0.4 is 9.64 Å². The van der Waals surface area contributed by atoms with Crippen LogP contribution in [0, 0.1) is 17.7 Å². The molecule has 3 aliphatic heterocycles. The summed E-state index contributed by atoms with van der Waals surface area (Å²) in [7, 11) is 0. The highest BCUT2D eigenvalue weighted by atomic mass is 35.5. The summed E-state index contributed by atoms with van der Waals surface area (Å²) in [6, 6.07) is 4.61. The number of ether oxygens (including phenoxy) is 1. The van der Waals surface area contributed by atoms with Gasteiger partial charge in [-0.1, -0.05) is 17.7 Å². The quantitative estimate of drug-likeness (QED) is 0.182. The molecule has 14 heteroatoms. The minimum absolute atomic E-state index is 0.0311. The molecule has 5 rings (SSSR count). The summed E-state index contributed by atoms with van der Waals surface area (Å²) in [6.07, 6.45) is 1.72. The third-order valence-electron chi connectivity index (χ3n) is 9.66. The maximum atomic E-state index is 15.0. The average molecular weight is 666 g/mol. The van der Waals surface area contributed by atoms with Crippen molar-refractivity contribution in [1.29, 1.82) is 0 Å². The van der Waals surface area contributed by atoms with Crippen molar-refractivity contribution in [1.82, 2.24) is 19.8 Å². The highest BCUT2D eigenvalue weighted by Crippen LogP contribution is 2.32. The molecule has 2 aromatic rings. The molecule has 0 saturated carbocycles. The molecule has 254 valence electrons. The summed E-state index contributed by atoms with van der Waals surface area (Å²) in [5.74, 6) is 1.25. The minimum Gasteiger partial charge on any atom is -0.493 e. The number of anilines is 1. The summed E-state index contributed by atoms with van der Waals surface area (Å²) in [4.78, 5) is 27.6. The zero-order chi connectivity index (χ0) is 32.8. The van der Waals surface area contributed by atoms with Gasteiger partial charge in [0.2, 0.25) is 11.9 Å². The first-order valence-electron chi connectivity index (χ1n) is 16.1. The number of piperidine rings is 1. The molecule has 1 aromatic carbocycles. The number of aliphatic hydroxyl groups excluding tert-OH is 5. The predicted octanol–water partition coefficient (Wildman–Crippen LogP) is 0.856. The molecule has 4 heterocycles. The Morgan fingerprint density at radius 1 is 1.02 bits per heavy atom. The van der Waals surface area contributed by atoms with Gasteiger partial charge in [0.05, 0.1) is 43.2 Å². The molecule has 46 heavy (non-hydrogen) atoms. The van der Waals surface area contributed by atoms with Crippen molar-refractivity contribution in [3.8, 4) is 5.75 Å². The van der Waals surface area contributed by atoms with Gasteiger partial charge >= 0.3 is 0 Å². The van der Waals surface area contributed by atoms with Gasteiger partial charge in [0.15, 0.2) is 0 Å². The van der Waals surface area contributed by atoms with Gasteiger partial charge in [0.25, 0.3) is 0 Å². The molecule has 0 spiro atoms. The number of amides is 1. The lowest BCUT2D eigenvalue weighted by Crippen LogP contribution is -2.51. The van der Waals surface area contributed by atoms with Crippen molar-refractivity contribution in [2.24, 2.45) is 11.8 Å². The number of aromatic nitrogens is 2. The topological polar surface area (TPSA) is 163 Å². The van der Waals surface area contributed by atoms with E-state index in [0.717, 1.165) is 45.2 Å². The monoisotopic (exact) mass is 665 g/mol. The lowest BCUT2D eigenvalue weighted by molar-refractivity contribution is -0.130. The number of halogens is 2. The SMILES string of the molecule is O=C(Cc1ccc(OCCCC2CCN(c3ncc(Cl)cn3)CC2)cc1F)N1C[C@@H]2CCN(CC(O)C(O)C(O)C(O)CO)[C@@H]2C1. The number of carbonyl (C=O) groups is 1. The lowest BCUT2D eigenvalue weighted by Gasteiger charge is -2.31. The number of benzene rings is 1. The number of carbonyl (C=O) groups excluding carboxylic acids is 1. The van der Waals surface area contributed by atoms with Crippen molar-refractivity contribution >= 4 is 23.5 Å². The number of fused-ring (bicyclic) bond motifs is 1. The van der Waals surface area contributed by atoms with E-state index in [1.807, 2.05) is 4.90 Å². The fraction of sp³-hybridized carbons (Fsp3) is 0.656. The Morgan fingerprint density at radius 2 is 1.74 bits per heavy atom. The molecule has 3 fully saturated rings. The largest absolute Gasteiger partial charge is 0.493 e. The smallest absolute Gasteiger partial charge is 0.227 e. The van der Waals surface area contributed by atoms with Crippen molar-refractivity contribution in [2.75, 3.05) is 57.4 Å². The van der Waals surface area contributed by atoms with E-state index in [9.17, 15) is 29.6 Å². The number of aliphatic hydroxyl groups is 5. The van der Waals surface area contributed by atoms with Gasteiger partial charge in [-0.25, -0.2) is 14.4 Å². The molecular weight excluding hydrogens is 621 g/mol. The lowest BCUT2D eigenvalue weighted by atomic mass is 9.92. The van der Waals surface area contributed by atoms with Gasteiger partial charge in [0.1, 0.15) is 29.9 Å². The number of hydrogen-bond donors (Lipinski definition) is 5. The predicted molar refractivity (Wildman–Crippen MR) is 168 cm³/mol. The second-order valence-electron chi connectivity index (χ2n) is 12.8. The Morgan fingerprint density at radius 3 is 2.43 bits per heavy atom.